The van der Waals surface area contributed by atoms with Crippen LogP contribution in [-0.4, -0.2) is 93.5 Å². The van der Waals surface area contributed by atoms with Crippen LogP contribution >= 0.6 is 0 Å². The molecule has 3 amide bonds. The van der Waals surface area contributed by atoms with Crippen LogP contribution in [0.1, 0.15) is 83.5 Å². The number of morpholine rings is 1. The zero-order valence-electron chi connectivity index (χ0n) is 31.6. The van der Waals surface area contributed by atoms with Crippen molar-refractivity contribution in [1.29, 1.82) is 0 Å². The van der Waals surface area contributed by atoms with Crippen LogP contribution in [0, 0.1) is 0 Å². The molecule has 55 heavy (non-hydrogen) atoms. The van der Waals surface area contributed by atoms with Crippen LogP contribution in [0.2, 0.25) is 0 Å². The van der Waals surface area contributed by atoms with E-state index in [0.29, 0.717) is 31.1 Å². The van der Waals surface area contributed by atoms with E-state index >= 15 is 0 Å². The third-order valence-corrected chi connectivity index (χ3v) is 13.3. The molecule has 3 unspecified atom stereocenters. The normalized spacial score (nSPS) is 22.2. The van der Waals surface area contributed by atoms with Crippen molar-refractivity contribution in [2.24, 2.45) is 0 Å². The number of carbonyl (C=O) groups is 3. The van der Waals surface area contributed by atoms with Gasteiger partial charge in [0.2, 0.25) is 0 Å². The molecule has 13 nitrogen and oxygen atoms in total. The molecule has 4 aliphatic rings. The number of benzene rings is 3. The number of nitrogens with one attached hydrogen (secondary N) is 2. The fourth-order valence-electron chi connectivity index (χ4n) is 8.92. The van der Waals surface area contributed by atoms with Gasteiger partial charge in [-0.25, -0.2) is 4.72 Å². The number of nitrogens with zero attached hydrogens (tertiary/aromatic N) is 3. The molecule has 8 rings (SSSR count). The van der Waals surface area contributed by atoms with Crippen molar-refractivity contribution in [3.8, 4) is 22.8 Å². The van der Waals surface area contributed by atoms with Crippen molar-refractivity contribution < 1.29 is 37.0 Å². The minimum Gasteiger partial charge on any atom is -0.497 e. The Kier molecular flexibility index (Phi) is 9.63. The topological polar surface area (TPSA) is 149 Å². The van der Waals surface area contributed by atoms with Gasteiger partial charge in [0, 0.05) is 55.1 Å². The van der Waals surface area contributed by atoms with E-state index in [1.807, 2.05) is 42.5 Å². The van der Waals surface area contributed by atoms with Crippen molar-refractivity contribution in [3.05, 3.63) is 82.9 Å². The molecule has 4 aromatic rings. The van der Waals surface area contributed by atoms with Gasteiger partial charge in [0.25, 0.3) is 5.91 Å². The van der Waals surface area contributed by atoms with Gasteiger partial charge in [-0.3, -0.25) is 14.4 Å². The molecule has 3 heterocycles. The molecule has 0 bridgehead atoms. The third-order valence-electron chi connectivity index (χ3n) is 11.9. The second-order valence-electron chi connectivity index (χ2n) is 15.3. The molecule has 1 aromatic heterocycles. The molecular weight excluding hydrogens is 723 g/mol. The average Bonchev–Trinajstić information content (AvgIpc) is 3.83. The van der Waals surface area contributed by atoms with Crippen LogP contribution in [0.3, 0.4) is 0 Å². The van der Waals surface area contributed by atoms with E-state index in [1.165, 1.54) is 26.1 Å². The smallest absolute Gasteiger partial charge is 0.312 e. The van der Waals surface area contributed by atoms with Crippen molar-refractivity contribution >= 4 is 38.8 Å². The summed E-state index contributed by atoms with van der Waals surface area (Å²) in [6.45, 7) is 1.20. The van der Waals surface area contributed by atoms with E-state index in [9.17, 15) is 22.8 Å². The first-order valence-electron chi connectivity index (χ1n) is 18.9. The number of amides is 3. The van der Waals surface area contributed by atoms with Crippen molar-refractivity contribution in [1.82, 2.24) is 23.8 Å². The van der Waals surface area contributed by atoms with Gasteiger partial charge < -0.3 is 29.0 Å². The summed E-state index contributed by atoms with van der Waals surface area (Å²) in [6, 6.07) is 18.4. The summed E-state index contributed by atoms with van der Waals surface area (Å²) in [5, 5.41) is 4.22. The van der Waals surface area contributed by atoms with Gasteiger partial charge in [0.15, 0.2) is 0 Å². The van der Waals surface area contributed by atoms with E-state index in [4.69, 9.17) is 14.2 Å². The van der Waals surface area contributed by atoms with Gasteiger partial charge in [-0.15, -0.1) is 0 Å². The van der Waals surface area contributed by atoms with Gasteiger partial charge in [-0.1, -0.05) is 37.5 Å². The molecule has 2 saturated carbocycles. The lowest BCUT2D eigenvalue weighted by Crippen LogP contribution is -2.53. The van der Waals surface area contributed by atoms with E-state index < -0.39 is 39.5 Å². The molecule has 0 radical (unpaired) electrons. The minimum absolute atomic E-state index is 0.109. The number of carbonyl (C=O) groups excluding carboxylic acids is 3. The summed E-state index contributed by atoms with van der Waals surface area (Å²) in [4.78, 5) is 43.4. The first-order valence-corrected chi connectivity index (χ1v) is 20.3. The predicted molar refractivity (Wildman–Crippen MR) is 206 cm³/mol. The predicted octanol–water partition coefficient (Wildman–Crippen LogP) is 4.87. The lowest BCUT2D eigenvalue weighted by molar-refractivity contribution is -0.152. The Bertz CT molecular complexity index is 2280. The molecule has 2 aliphatic heterocycles. The van der Waals surface area contributed by atoms with E-state index in [0.717, 1.165) is 63.3 Å². The molecule has 1 saturated heterocycles. The summed E-state index contributed by atoms with van der Waals surface area (Å²) in [5.41, 5.74) is 5.28. The summed E-state index contributed by atoms with van der Waals surface area (Å²) >= 11 is 0. The maximum atomic E-state index is 14.2. The Hall–Kier alpha value is -4.92. The van der Waals surface area contributed by atoms with Gasteiger partial charge in [-0.05, 0) is 84.3 Å². The molecule has 14 heteroatoms. The summed E-state index contributed by atoms with van der Waals surface area (Å²) < 4.78 is 47.4. The van der Waals surface area contributed by atoms with Crippen molar-refractivity contribution in [2.75, 3.05) is 48.1 Å². The fourth-order valence-corrected chi connectivity index (χ4v) is 9.46. The Morgan fingerprint density at radius 2 is 1.65 bits per heavy atom. The van der Waals surface area contributed by atoms with Gasteiger partial charge in [0.05, 0.1) is 44.7 Å². The first-order chi connectivity index (χ1) is 26.4. The third kappa shape index (κ3) is 6.63. The summed E-state index contributed by atoms with van der Waals surface area (Å²) in [5.74, 6) is -0.498. The maximum absolute atomic E-state index is 14.2. The van der Waals surface area contributed by atoms with Crippen molar-refractivity contribution in [2.45, 2.75) is 68.5 Å². The lowest BCUT2D eigenvalue weighted by Gasteiger charge is -2.36. The molecule has 3 fully saturated rings. The van der Waals surface area contributed by atoms with Gasteiger partial charge >= 0.3 is 22.0 Å². The van der Waals surface area contributed by atoms with Gasteiger partial charge in [0.1, 0.15) is 11.5 Å². The Balaban J connectivity index is 1.21. The molecule has 290 valence electrons. The van der Waals surface area contributed by atoms with Crippen LogP contribution in [0.4, 0.5) is 0 Å². The van der Waals surface area contributed by atoms with Crippen LogP contribution in [0.5, 0.6) is 11.5 Å². The van der Waals surface area contributed by atoms with E-state index in [2.05, 4.69) is 20.7 Å². The number of aromatic nitrogens is 1. The maximum Gasteiger partial charge on any atom is 0.312 e. The highest BCUT2D eigenvalue weighted by Gasteiger charge is 2.59. The summed E-state index contributed by atoms with van der Waals surface area (Å²) in [7, 11) is 1.91. The number of ether oxygens (including phenoxy) is 3. The van der Waals surface area contributed by atoms with Crippen LogP contribution in [0.15, 0.2) is 60.7 Å². The highest BCUT2D eigenvalue weighted by Crippen LogP contribution is 2.60. The molecule has 2 aliphatic carbocycles. The summed E-state index contributed by atoms with van der Waals surface area (Å²) in [6.07, 6.45) is 6.04. The quantitative estimate of drug-likeness (QED) is 0.242. The fraction of sp³-hybridized carbons (Fsp3) is 0.439. The van der Waals surface area contributed by atoms with Crippen LogP contribution < -0.4 is 19.5 Å². The second-order valence-corrected chi connectivity index (χ2v) is 17.2. The Morgan fingerprint density at radius 1 is 0.927 bits per heavy atom. The SMILES string of the molecule is COc1ccc(C2COCCN2C(=O)C(=O)NC23CC2c2cc(OC)ccc2-c2c(C4CCCCC4)c4ccc(C(=O)NS(=O)(=O)N(C)C)cc4n2C3)cc1. The zero-order chi connectivity index (χ0) is 38.6. The monoisotopic (exact) mass is 769 g/mol. The molecule has 0 spiro atoms. The zero-order valence-corrected chi connectivity index (χ0v) is 32.4. The second kappa shape index (κ2) is 14.3. The highest BCUT2D eigenvalue weighted by molar-refractivity contribution is 7.87. The standard InChI is InChI=1S/C41H47N5O8S/c1-44(2)55(50,51)43-38(47)27-12-16-31-34(20-27)46-24-41(42-39(48)40(49)45-18-19-54-23-35(45)25-10-13-28(52-3)14-11-25)22-33(41)32-21-29(53-4)15-17-30(32)37(46)36(31)26-8-6-5-7-9-26/h10-17,20-21,26,33,35H,5-9,18-19,22-24H2,1-4H3,(H,42,48)(H,43,47). The van der Waals surface area contributed by atoms with Crippen molar-refractivity contribution in [3.63, 3.8) is 0 Å². The highest BCUT2D eigenvalue weighted by atomic mass is 32.2. The number of methoxy groups -OCH3 is 2. The first kappa shape index (κ1) is 37.0. The number of rotatable bonds is 8. The van der Waals surface area contributed by atoms with Crippen LogP contribution in [0.25, 0.3) is 22.2 Å². The number of hydrogen-bond acceptors (Lipinski definition) is 8. The van der Waals surface area contributed by atoms with E-state index in [-0.39, 0.29) is 30.6 Å². The largest absolute Gasteiger partial charge is 0.497 e. The number of hydrogen-bond donors (Lipinski definition) is 2. The molecular formula is C41H47N5O8S. The number of fused-ring (bicyclic) bond motifs is 7. The van der Waals surface area contributed by atoms with E-state index in [1.54, 1.807) is 31.3 Å². The van der Waals surface area contributed by atoms with Gasteiger partial charge in [-0.2, -0.15) is 12.7 Å². The van der Waals surface area contributed by atoms with Crippen LogP contribution in [-0.2, 0) is 31.1 Å². The molecule has 3 atom stereocenters. The Labute approximate surface area is 321 Å². The lowest BCUT2D eigenvalue weighted by atomic mass is 9.81. The molecule has 2 N–H and O–H groups in total. The Morgan fingerprint density at radius 3 is 2.36 bits per heavy atom. The minimum atomic E-state index is -4.03. The molecule has 3 aromatic carbocycles. The average molecular weight is 770 g/mol.